The van der Waals surface area contributed by atoms with E-state index in [1.807, 2.05) is 13.0 Å². The van der Waals surface area contributed by atoms with Gasteiger partial charge in [-0.05, 0) is 52.7 Å². The molecule has 0 aliphatic rings. The summed E-state index contributed by atoms with van der Waals surface area (Å²) in [6, 6.07) is 8.44. The van der Waals surface area contributed by atoms with Crippen LogP contribution in [0.4, 0.5) is 5.69 Å². The molecule has 122 valence electrons. The number of carboxylic acids is 1. The van der Waals surface area contributed by atoms with Gasteiger partial charge in [0, 0.05) is 22.1 Å². The molecule has 0 atom stereocenters. The lowest BCUT2D eigenvalue weighted by molar-refractivity contribution is 0.0697. The lowest BCUT2D eigenvalue weighted by Crippen LogP contribution is -2.14. The van der Waals surface area contributed by atoms with Crippen molar-refractivity contribution in [2.45, 2.75) is 6.92 Å². The molecule has 0 unspecified atom stereocenters. The molecular formula is C16H14BrCl2NO3. The smallest absolute Gasteiger partial charge is 0.337 e. The molecule has 0 aromatic heterocycles. The monoisotopic (exact) mass is 417 g/mol. The number of benzene rings is 2. The first-order chi connectivity index (χ1) is 10.9. The van der Waals surface area contributed by atoms with Crippen molar-refractivity contribution in [3.05, 3.63) is 56.0 Å². The SMILES string of the molecule is Cc1cc(Br)c(NCCOc2cc(Cl)ccc2Cl)c(C(=O)O)c1. The molecule has 2 aromatic rings. The number of halogens is 3. The molecular weight excluding hydrogens is 405 g/mol. The van der Waals surface area contributed by atoms with Gasteiger partial charge in [-0.2, -0.15) is 0 Å². The summed E-state index contributed by atoms with van der Waals surface area (Å²) in [4.78, 5) is 11.3. The van der Waals surface area contributed by atoms with Crippen LogP contribution in [0.1, 0.15) is 15.9 Å². The highest BCUT2D eigenvalue weighted by Crippen LogP contribution is 2.29. The largest absolute Gasteiger partial charge is 0.490 e. The number of carbonyl (C=O) groups is 1. The summed E-state index contributed by atoms with van der Waals surface area (Å²) in [7, 11) is 0. The summed E-state index contributed by atoms with van der Waals surface area (Å²) in [5.74, 6) is -0.502. The van der Waals surface area contributed by atoms with Crippen LogP contribution in [-0.2, 0) is 0 Å². The molecule has 0 saturated heterocycles. The summed E-state index contributed by atoms with van der Waals surface area (Å²) >= 11 is 15.3. The summed E-state index contributed by atoms with van der Waals surface area (Å²) in [6.45, 7) is 2.55. The van der Waals surface area contributed by atoms with E-state index in [0.717, 1.165) is 5.56 Å². The van der Waals surface area contributed by atoms with Gasteiger partial charge in [0.05, 0.1) is 16.3 Å². The molecule has 23 heavy (non-hydrogen) atoms. The molecule has 4 nitrogen and oxygen atoms in total. The number of rotatable bonds is 6. The molecule has 0 heterocycles. The maximum absolute atomic E-state index is 11.3. The van der Waals surface area contributed by atoms with Crippen LogP contribution >= 0.6 is 39.1 Å². The molecule has 7 heteroatoms. The Morgan fingerprint density at radius 3 is 2.74 bits per heavy atom. The third-order valence-corrected chi connectivity index (χ3v) is 4.19. The minimum Gasteiger partial charge on any atom is -0.490 e. The second-order valence-electron chi connectivity index (χ2n) is 4.82. The summed E-state index contributed by atoms with van der Waals surface area (Å²) in [5, 5.41) is 13.4. The van der Waals surface area contributed by atoms with Gasteiger partial charge in [0.25, 0.3) is 0 Å². The third kappa shape index (κ3) is 4.77. The number of hydrogen-bond acceptors (Lipinski definition) is 3. The number of anilines is 1. The summed E-state index contributed by atoms with van der Waals surface area (Å²) in [5.41, 5.74) is 1.59. The summed E-state index contributed by atoms with van der Waals surface area (Å²) in [6.07, 6.45) is 0. The molecule has 0 fully saturated rings. The third-order valence-electron chi connectivity index (χ3n) is 3.02. The van der Waals surface area contributed by atoms with Crippen molar-refractivity contribution < 1.29 is 14.6 Å². The second-order valence-corrected chi connectivity index (χ2v) is 6.52. The van der Waals surface area contributed by atoms with Crippen molar-refractivity contribution in [2.24, 2.45) is 0 Å². The van der Waals surface area contributed by atoms with Crippen LogP contribution in [0.15, 0.2) is 34.8 Å². The first kappa shape index (κ1) is 17.9. The van der Waals surface area contributed by atoms with Gasteiger partial charge in [-0.15, -0.1) is 0 Å². The Morgan fingerprint density at radius 2 is 2.04 bits per heavy atom. The number of ether oxygens (including phenoxy) is 1. The molecule has 0 radical (unpaired) electrons. The number of aryl methyl sites for hydroxylation is 1. The Labute approximate surface area is 152 Å². The van der Waals surface area contributed by atoms with Gasteiger partial charge in [0.15, 0.2) is 0 Å². The van der Waals surface area contributed by atoms with Crippen molar-refractivity contribution in [1.29, 1.82) is 0 Å². The second kappa shape index (κ2) is 7.90. The highest BCUT2D eigenvalue weighted by Gasteiger charge is 2.14. The van der Waals surface area contributed by atoms with Gasteiger partial charge in [-0.25, -0.2) is 4.79 Å². The van der Waals surface area contributed by atoms with Gasteiger partial charge >= 0.3 is 5.97 Å². The van der Waals surface area contributed by atoms with Crippen molar-refractivity contribution in [3.8, 4) is 5.75 Å². The zero-order valence-corrected chi connectivity index (χ0v) is 15.3. The fourth-order valence-corrected chi connectivity index (χ4v) is 3.06. The molecule has 0 spiro atoms. The highest BCUT2D eigenvalue weighted by molar-refractivity contribution is 9.10. The van der Waals surface area contributed by atoms with E-state index in [2.05, 4.69) is 21.2 Å². The molecule has 2 N–H and O–H groups in total. The van der Waals surface area contributed by atoms with Crippen LogP contribution in [-0.4, -0.2) is 24.2 Å². The first-order valence-corrected chi connectivity index (χ1v) is 8.28. The van der Waals surface area contributed by atoms with Crippen molar-refractivity contribution in [2.75, 3.05) is 18.5 Å². The minimum absolute atomic E-state index is 0.206. The Kier molecular flexibility index (Phi) is 6.16. The Hall–Kier alpha value is -1.43. The van der Waals surface area contributed by atoms with Gasteiger partial charge < -0.3 is 15.2 Å². The zero-order valence-electron chi connectivity index (χ0n) is 12.2. The molecule has 2 aromatic carbocycles. The fraction of sp³-hybridized carbons (Fsp3) is 0.188. The highest BCUT2D eigenvalue weighted by atomic mass is 79.9. The van der Waals surface area contributed by atoms with Crippen LogP contribution in [0.5, 0.6) is 5.75 Å². The number of nitrogens with one attached hydrogen (secondary N) is 1. The molecule has 0 amide bonds. The van der Waals surface area contributed by atoms with Crippen LogP contribution in [0, 0.1) is 6.92 Å². The van der Waals surface area contributed by atoms with E-state index < -0.39 is 5.97 Å². The van der Waals surface area contributed by atoms with E-state index in [9.17, 15) is 9.90 Å². The molecule has 0 aliphatic carbocycles. The van der Waals surface area contributed by atoms with Crippen LogP contribution in [0.2, 0.25) is 10.0 Å². The predicted molar refractivity (Wildman–Crippen MR) is 96.3 cm³/mol. The lowest BCUT2D eigenvalue weighted by atomic mass is 10.1. The van der Waals surface area contributed by atoms with E-state index in [1.165, 1.54) is 0 Å². The van der Waals surface area contributed by atoms with Gasteiger partial charge in [-0.1, -0.05) is 23.2 Å². The van der Waals surface area contributed by atoms with Crippen LogP contribution < -0.4 is 10.1 Å². The Balaban J connectivity index is 2.02. The van der Waals surface area contributed by atoms with E-state index in [1.54, 1.807) is 24.3 Å². The molecule has 0 aliphatic heterocycles. The van der Waals surface area contributed by atoms with Gasteiger partial charge in [0.2, 0.25) is 0 Å². The van der Waals surface area contributed by atoms with E-state index in [-0.39, 0.29) is 5.56 Å². The lowest BCUT2D eigenvalue weighted by Gasteiger charge is -2.14. The van der Waals surface area contributed by atoms with E-state index >= 15 is 0 Å². The van der Waals surface area contributed by atoms with E-state index in [0.29, 0.717) is 39.1 Å². The fourth-order valence-electron chi connectivity index (χ4n) is 2.02. The normalized spacial score (nSPS) is 10.4. The van der Waals surface area contributed by atoms with Crippen molar-refractivity contribution >= 4 is 50.8 Å². The average molecular weight is 419 g/mol. The van der Waals surface area contributed by atoms with Gasteiger partial charge in [-0.3, -0.25) is 0 Å². The Bertz CT molecular complexity index is 738. The van der Waals surface area contributed by atoms with Crippen LogP contribution in [0.25, 0.3) is 0 Å². The molecule has 0 bridgehead atoms. The topological polar surface area (TPSA) is 58.6 Å². The standard InChI is InChI=1S/C16H14BrCl2NO3/c1-9-6-11(16(21)22)15(12(17)7-9)20-4-5-23-14-8-10(18)2-3-13(14)19/h2-3,6-8,20H,4-5H2,1H3,(H,21,22). The maximum Gasteiger partial charge on any atom is 0.337 e. The first-order valence-electron chi connectivity index (χ1n) is 6.73. The van der Waals surface area contributed by atoms with Gasteiger partial charge in [0.1, 0.15) is 12.4 Å². The van der Waals surface area contributed by atoms with Crippen LogP contribution in [0.3, 0.4) is 0 Å². The van der Waals surface area contributed by atoms with Crippen molar-refractivity contribution in [1.82, 2.24) is 0 Å². The maximum atomic E-state index is 11.3. The average Bonchev–Trinajstić information content (AvgIpc) is 2.48. The number of carboxylic acid groups (broad SMARTS) is 1. The zero-order chi connectivity index (χ0) is 17.0. The summed E-state index contributed by atoms with van der Waals surface area (Å²) < 4.78 is 6.25. The Morgan fingerprint density at radius 1 is 1.30 bits per heavy atom. The minimum atomic E-state index is -0.990. The number of hydrogen-bond donors (Lipinski definition) is 2. The predicted octanol–water partition coefficient (Wildman–Crippen LogP) is 5.25. The molecule has 0 saturated carbocycles. The van der Waals surface area contributed by atoms with E-state index in [4.69, 9.17) is 27.9 Å². The quantitative estimate of drug-likeness (QED) is 0.628. The number of aromatic carboxylic acids is 1. The molecule has 2 rings (SSSR count). The van der Waals surface area contributed by atoms with Crippen molar-refractivity contribution in [3.63, 3.8) is 0 Å².